The van der Waals surface area contributed by atoms with Crippen LogP contribution < -0.4 is 10.5 Å². The second-order valence-corrected chi connectivity index (χ2v) is 5.26. The molecule has 0 aromatic carbocycles. The summed E-state index contributed by atoms with van der Waals surface area (Å²) in [6.07, 6.45) is 2.31. The quantitative estimate of drug-likeness (QED) is 0.941. The van der Waals surface area contributed by atoms with E-state index in [4.69, 9.17) is 10.5 Å². The van der Waals surface area contributed by atoms with E-state index in [1.165, 1.54) is 0 Å². The Hall–Kier alpha value is -1.69. The van der Waals surface area contributed by atoms with Crippen molar-refractivity contribution in [3.05, 3.63) is 28.4 Å². The van der Waals surface area contributed by atoms with Gasteiger partial charge in [-0.05, 0) is 34.8 Å². The van der Waals surface area contributed by atoms with Crippen LogP contribution in [0.25, 0.3) is 11.5 Å². The van der Waals surface area contributed by atoms with E-state index in [2.05, 4.69) is 30.9 Å². The average molecular weight is 321 g/mol. The number of aromatic nitrogens is 3. The molecule has 1 fully saturated rings. The second kappa shape index (κ2) is 4.77. The van der Waals surface area contributed by atoms with Gasteiger partial charge in [0.1, 0.15) is 11.5 Å². The molecule has 1 aliphatic rings. The minimum absolute atomic E-state index is 0.455. The molecule has 2 aromatic heterocycles. The van der Waals surface area contributed by atoms with Crippen LogP contribution in [-0.4, -0.2) is 22.1 Å². The molecule has 0 saturated heterocycles. The SMILES string of the molecule is COc1cccc(-c2nc(N)c(Br)c(C3CC3)n2)n1. The van der Waals surface area contributed by atoms with Gasteiger partial charge in [0.2, 0.25) is 5.88 Å². The van der Waals surface area contributed by atoms with Crippen molar-refractivity contribution in [2.75, 3.05) is 12.8 Å². The molecule has 98 valence electrons. The lowest BCUT2D eigenvalue weighted by molar-refractivity contribution is 0.398. The molecule has 2 aromatic rings. The Kier molecular flexibility index (Phi) is 3.10. The van der Waals surface area contributed by atoms with Gasteiger partial charge >= 0.3 is 0 Å². The van der Waals surface area contributed by atoms with E-state index in [1.54, 1.807) is 13.2 Å². The third-order valence-electron chi connectivity index (χ3n) is 3.03. The number of methoxy groups -OCH3 is 1. The monoisotopic (exact) mass is 320 g/mol. The van der Waals surface area contributed by atoms with Gasteiger partial charge in [0.15, 0.2) is 5.82 Å². The molecule has 0 atom stereocenters. The molecule has 5 nitrogen and oxygen atoms in total. The maximum absolute atomic E-state index is 5.94. The van der Waals surface area contributed by atoms with E-state index >= 15 is 0 Å². The maximum Gasteiger partial charge on any atom is 0.213 e. The number of ether oxygens (including phenoxy) is 1. The van der Waals surface area contributed by atoms with Gasteiger partial charge in [-0.1, -0.05) is 6.07 Å². The summed E-state index contributed by atoms with van der Waals surface area (Å²) in [4.78, 5) is 13.2. The molecular weight excluding hydrogens is 308 g/mol. The van der Waals surface area contributed by atoms with E-state index in [0.717, 1.165) is 23.0 Å². The molecule has 0 amide bonds. The topological polar surface area (TPSA) is 73.9 Å². The lowest BCUT2D eigenvalue weighted by atomic mass is 10.2. The number of halogens is 1. The first-order chi connectivity index (χ1) is 9.19. The minimum Gasteiger partial charge on any atom is -0.481 e. The van der Waals surface area contributed by atoms with Crippen molar-refractivity contribution < 1.29 is 4.74 Å². The molecule has 3 rings (SSSR count). The third-order valence-corrected chi connectivity index (χ3v) is 3.84. The Morgan fingerprint density at radius 2 is 2.05 bits per heavy atom. The van der Waals surface area contributed by atoms with Crippen LogP contribution >= 0.6 is 15.9 Å². The highest BCUT2D eigenvalue weighted by Gasteiger charge is 2.29. The first kappa shape index (κ1) is 12.3. The molecule has 0 spiro atoms. The van der Waals surface area contributed by atoms with Crippen molar-refractivity contribution in [2.24, 2.45) is 0 Å². The molecular formula is C13H13BrN4O. The molecule has 6 heteroatoms. The van der Waals surface area contributed by atoms with Crippen LogP contribution in [0.1, 0.15) is 24.5 Å². The van der Waals surface area contributed by atoms with Gasteiger partial charge in [0.05, 0.1) is 17.3 Å². The molecule has 0 bridgehead atoms. The lowest BCUT2D eigenvalue weighted by Gasteiger charge is -2.08. The van der Waals surface area contributed by atoms with Crippen LogP contribution in [0.2, 0.25) is 0 Å². The lowest BCUT2D eigenvalue weighted by Crippen LogP contribution is -2.03. The zero-order chi connectivity index (χ0) is 13.4. The summed E-state index contributed by atoms with van der Waals surface area (Å²) in [5.74, 6) is 2.03. The standard InChI is InChI=1S/C13H13BrN4O/c1-19-9-4-2-3-8(16-9)13-17-11(7-5-6-7)10(14)12(15)18-13/h2-4,7H,5-6H2,1H3,(H2,15,17,18). The molecule has 0 unspecified atom stereocenters. The maximum atomic E-state index is 5.94. The van der Waals surface area contributed by atoms with Gasteiger partial charge in [-0.3, -0.25) is 0 Å². The van der Waals surface area contributed by atoms with Gasteiger partial charge < -0.3 is 10.5 Å². The van der Waals surface area contributed by atoms with Crippen LogP contribution in [0.15, 0.2) is 22.7 Å². The van der Waals surface area contributed by atoms with E-state index in [9.17, 15) is 0 Å². The summed E-state index contributed by atoms with van der Waals surface area (Å²) >= 11 is 3.46. The molecule has 19 heavy (non-hydrogen) atoms. The number of nitrogens with zero attached hydrogens (tertiary/aromatic N) is 3. The average Bonchev–Trinajstić information content (AvgIpc) is 3.26. The Morgan fingerprint density at radius 1 is 1.26 bits per heavy atom. The normalized spacial score (nSPS) is 14.4. The third kappa shape index (κ3) is 2.40. The zero-order valence-corrected chi connectivity index (χ0v) is 12.0. The van der Waals surface area contributed by atoms with E-state index in [0.29, 0.717) is 29.1 Å². The molecule has 2 heterocycles. The minimum atomic E-state index is 0.455. The van der Waals surface area contributed by atoms with E-state index in [1.807, 2.05) is 12.1 Å². The highest BCUT2D eigenvalue weighted by atomic mass is 79.9. The van der Waals surface area contributed by atoms with Crippen molar-refractivity contribution in [1.29, 1.82) is 0 Å². The van der Waals surface area contributed by atoms with Crippen molar-refractivity contribution in [3.63, 3.8) is 0 Å². The summed E-state index contributed by atoms with van der Waals surface area (Å²) in [5.41, 5.74) is 7.58. The molecule has 1 saturated carbocycles. The van der Waals surface area contributed by atoms with Crippen molar-refractivity contribution in [3.8, 4) is 17.4 Å². The molecule has 1 aliphatic carbocycles. The molecule has 2 N–H and O–H groups in total. The Labute approximate surface area is 119 Å². The van der Waals surface area contributed by atoms with E-state index < -0.39 is 0 Å². The molecule has 0 radical (unpaired) electrons. The summed E-state index contributed by atoms with van der Waals surface area (Å²) < 4.78 is 5.92. The molecule has 0 aliphatic heterocycles. The van der Waals surface area contributed by atoms with Gasteiger partial charge in [0.25, 0.3) is 0 Å². The highest BCUT2D eigenvalue weighted by Crippen LogP contribution is 2.43. The second-order valence-electron chi connectivity index (χ2n) is 4.47. The predicted octanol–water partition coefficient (Wildman–Crippen LogP) is 2.77. The summed E-state index contributed by atoms with van der Waals surface area (Å²) in [6.45, 7) is 0. The van der Waals surface area contributed by atoms with Crippen LogP contribution in [0.5, 0.6) is 5.88 Å². The van der Waals surface area contributed by atoms with Crippen molar-refractivity contribution in [2.45, 2.75) is 18.8 Å². The Bertz CT molecular complexity index is 628. The number of pyridine rings is 1. The predicted molar refractivity (Wildman–Crippen MR) is 75.9 cm³/mol. The fourth-order valence-electron chi connectivity index (χ4n) is 1.88. The first-order valence-corrected chi connectivity index (χ1v) is 6.82. The summed E-state index contributed by atoms with van der Waals surface area (Å²) in [7, 11) is 1.58. The number of rotatable bonds is 3. The Balaban J connectivity index is 2.08. The van der Waals surface area contributed by atoms with Crippen LogP contribution in [-0.2, 0) is 0 Å². The summed E-state index contributed by atoms with van der Waals surface area (Å²) in [5, 5.41) is 0. The van der Waals surface area contributed by atoms with Gasteiger partial charge in [-0.15, -0.1) is 0 Å². The van der Waals surface area contributed by atoms with E-state index in [-0.39, 0.29) is 0 Å². The fourth-order valence-corrected chi connectivity index (χ4v) is 2.38. The number of anilines is 1. The fraction of sp³-hybridized carbons (Fsp3) is 0.308. The highest BCUT2D eigenvalue weighted by molar-refractivity contribution is 9.10. The summed E-state index contributed by atoms with van der Waals surface area (Å²) in [6, 6.07) is 5.49. The largest absolute Gasteiger partial charge is 0.481 e. The van der Waals surface area contributed by atoms with Crippen LogP contribution in [0, 0.1) is 0 Å². The van der Waals surface area contributed by atoms with Gasteiger partial charge in [0, 0.05) is 12.0 Å². The van der Waals surface area contributed by atoms with Gasteiger partial charge in [-0.25, -0.2) is 15.0 Å². The number of nitrogen functional groups attached to an aromatic ring is 1. The first-order valence-electron chi connectivity index (χ1n) is 6.03. The smallest absolute Gasteiger partial charge is 0.213 e. The van der Waals surface area contributed by atoms with Gasteiger partial charge in [-0.2, -0.15) is 0 Å². The zero-order valence-electron chi connectivity index (χ0n) is 10.4. The van der Waals surface area contributed by atoms with Crippen LogP contribution in [0.3, 0.4) is 0 Å². The van der Waals surface area contributed by atoms with Crippen LogP contribution in [0.4, 0.5) is 5.82 Å². The number of hydrogen-bond acceptors (Lipinski definition) is 5. The van der Waals surface area contributed by atoms with Crippen molar-refractivity contribution >= 4 is 21.7 Å². The Morgan fingerprint density at radius 3 is 2.74 bits per heavy atom. The van der Waals surface area contributed by atoms with Crippen molar-refractivity contribution in [1.82, 2.24) is 15.0 Å². The number of hydrogen-bond donors (Lipinski definition) is 1. The number of nitrogens with two attached hydrogens (primary N) is 1.